The smallest absolute Gasteiger partial charge is 0.279 e. The SMILES string of the molecule is COc1ccccc1C=CC(=O)NNC(=O)c1cc2c(s1)CCC(C)C2. The molecule has 1 aliphatic rings. The van der Waals surface area contributed by atoms with E-state index in [0.29, 0.717) is 16.5 Å². The molecule has 2 N–H and O–H groups in total. The lowest BCUT2D eigenvalue weighted by Crippen LogP contribution is -2.40. The van der Waals surface area contributed by atoms with Crippen molar-refractivity contribution in [2.75, 3.05) is 7.11 Å². The van der Waals surface area contributed by atoms with Gasteiger partial charge in [0.05, 0.1) is 12.0 Å². The van der Waals surface area contributed by atoms with Crippen molar-refractivity contribution < 1.29 is 14.3 Å². The Kier molecular flexibility index (Phi) is 5.73. The quantitative estimate of drug-likeness (QED) is 0.641. The Hall–Kier alpha value is -2.60. The number of benzene rings is 1. The summed E-state index contributed by atoms with van der Waals surface area (Å²) in [5.74, 6) is 0.655. The van der Waals surface area contributed by atoms with E-state index in [-0.39, 0.29) is 5.91 Å². The van der Waals surface area contributed by atoms with Gasteiger partial charge in [-0.1, -0.05) is 25.1 Å². The van der Waals surface area contributed by atoms with Crippen molar-refractivity contribution in [2.45, 2.75) is 26.2 Å². The minimum absolute atomic E-state index is 0.281. The van der Waals surface area contributed by atoms with Crippen LogP contribution in [-0.2, 0) is 17.6 Å². The van der Waals surface area contributed by atoms with Crippen LogP contribution in [0.15, 0.2) is 36.4 Å². The molecule has 1 aliphatic carbocycles. The average molecular weight is 370 g/mol. The van der Waals surface area contributed by atoms with E-state index in [0.717, 1.165) is 18.4 Å². The summed E-state index contributed by atoms with van der Waals surface area (Å²) in [6, 6.07) is 9.33. The second-order valence-electron chi connectivity index (χ2n) is 6.43. The van der Waals surface area contributed by atoms with Gasteiger partial charge in [-0.25, -0.2) is 0 Å². The van der Waals surface area contributed by atoms with Crippen LogP contribution in [0, 0.1) is 5.92 Å². The number of hydrogen-bond acceptors (Lipinski definition) is 4. The third-order valence-corrected chi connectivity index (χ3v) is 5.64. The molecule has 0 spiro atoms. The van der Waals surface area contributed by atoms with Crippen molar-refractivity contribution in [3.05, 3.63) is 57.3 Å². The van der Waals surface area contributed by atoms with E-state index < -0.39 is 5.91 Å². The fourth-order valence-corrected chi connectivity index (χ4v) is 4.11. The number of para-hydroxylation sites is 1. The number of methoxy groups -OCH3 is 1. The van der Waals surface area contributed by atoms with E-state index in [2.05, 4.69) is 17.8 Å². The average Bonchev–Trinajstić information content (AvgIpc) is 3.07. The summed E-state index contributed by atoms with van der Waals surface area (Å²) in [6.07, 6.45) is 6.22. The highest BCUT2D eigenvalue weighted by molar-refractivity contribution is 7.14. The Morgan fingerprint density at radius 2 is 2.08 bits per heavy atom. The van der Waals surface area contributed by atoms with Gasteiger partial charge >= 0.3 is 0 Å². The molecule has 6 heteroatoms. The molecule has 2 aromatic rings. The minimum Gasteiger partial charge on any atom is -0.496 e. The maximum Gasteiger partial charge on any atom is 0.279 e. The van der Waals surface area contributed by atoms with Gasteiger partial charge in [0.1, 0.15) is 5.75 Å². The zero-order valence-corrected chi connectivity index (χ0v) is 15.7. The predicted octanol–water partition coefficient (Wildman–Crippen LogP) is 3.36. The molecule has 1 aromatic heterocycles. The van der Waals surface area contributed by atoms with Crippen molar-refractivity contribution in [3.8, 4) is 5.75 Å². The van der Waals surface area contributed by atoms with E-state index >= 15 is 0 Å². The molecule has 3 rings (SSSR count). The van der Waals surface area contributed by atoms with Crippen LogP contribution in [0.3, 0.4) is 0 Å². The molecule has 0 aliphatic heterocycles. The fraction of sp³-hybridized carbons (Fsp3) is 0.300. The first-order valence-electron chi connectivity index (χ1n) is 8.60. The van der Waals surface area contributed by atoms with Crippen molar-refractivity contribution >= 4 is 29.2 Å². The van der Waals surface area contributed by atoms with Crippen molar-refractivity contribution in [1.82, 2.24) is 10.9 Å². The zero-order chi connectivity index (χ0) is 18.5. The van der Waals surface area contributed by atoms with E-state index in [9.17, 15) is 9.59 Å². The number of carbonyl (C=O) groups excluding carboxylic acids is 2. The van der Waals surface area contributed by atoms with Gasteiger partial charge < -0.3 is 4.74 Å². The number of hydrogen-bond donors (Lipinski definition) is 2. The normalized spacial score (nSPS) is 16.2. The lowest BCUT2D eigenvalue weighted by Gasteiger charge is -2.16. The molecule has 136 valence electrons. The van der Waals surface area contributed by atoms with Crippen LogP contribution >= 0.6 is 11.3 Å². The third-order valence-electron chi connectivity index (χ3n) is 4.41. The molecule has 0 radical (unpaired) electrons. The molecular weight excluding hydrogens is 348 g/mol. The van der Waals surface area contributed by atoms with Gasteiger partial charge in [-0.05, 0) is 49.0 Å². The number of fused-ring (bicyclic) bond motifs is 1. The van der Waals surface area contributed by atoms with Crippen LogP contribution in [-0.4, -0.2) is 18.9 Å². The molecule has 2 amide bonds. The molecule has 1 atom stereocenters. The maximum atomic E-state index is 12.3. The number of rotatable bonds is 4. The largest absolute Gasteiger partial charge is 0.496 e. The summed E-state index contributed by atoms with van der Waals surface area (Å²) < 4.78 is 5.23. The highest BCUT2D eigenvalue weighted by Gasteiger charge is 2.20. The second kappa shape index (κ2) is 8.19. The number of amides is 2. The van der Waals surface area contributed by atoms with Crippen LogP contribution in [0.2, 0.25) is 0 Å². The first-order valence-corrected chi connectivity index (χ1v) is 9.41. The van der Waals surface area contributed by atoms with Crippen molar-refractivity contribution in [1.29, 1.82) is 0 Å². The van der Waals surface area contributed by atoms with Crippen LogP contribution in [0.1, 0.15) is 39.0 Å². The van der Waals surface area contributed by atoms with Gasteiger partial charge in [-0.2, -0.15) is 0 Å². The Morgan fingerprint density at radius 1 is 1.27 bits per heavy atom. The fourth-order valence-electron chi connectivity index (χ4n) is 3.01. The summed E-state index contributed by atoms with van der Waals surface area (Å²) in [5.41, 5.74) is 6.95. The van der Waals surface area contributed by atoms with Crippen molar-refractivity contribution in [2.24, 2.45) is 5.92 Å². The minimum atomic E-state index is -0.404. The number of carbonyl (C=O) groups is 2. The maximum absolute atomic E-state index is 12.3. The lowest BCUT2D eigenvalue weighted by molar-refractivity contribution is -0.117. The molecule has 1 unspecified atom stereocenters. The number of aryl methyl sites for hydroxylation is 1. The van der Waals surface area contributed by atoms with Gasteiger partial charge in [-0.3, -0.25) is 20.4 Å². The van der Waals surface area contributed by atoms with E-state index in [1.165, 1.54) is 34.3 Å². The molecule has 26 heavy (non-hydrogen) atoms. The molecule has 0 saturated carbocycles. The van der Waals surface area contributed by atoms with Crippen LogP contribution in [0.4, 0.5) is 0 Å². The Labute approximate surface area is 157 Å². The van der Waals surface area contributed by atoms with Gasteiger partial charge in [0, 0.05) is 16.5 Å². The third kappa shape index (κ3) is 4.32. The number of thiophene rings is 1. The predicted molar refractivity (Wildman–Crippen MR) is 103 cm³/mol. The Balaban J connectivity index is 1.56. The number of nitrogens with one attached hydrogen (secondary N) is 2. The topological polar surface area (TPSA) is 67.4 Å². The van der Waals surface area contributed by atoms with Crippen LogP contribution in [0.5, 0.6) is 5.75 Å². The van der Waals surface area contributed by atoms with Gasteiger partial charge in [0.2, 0.25) is 0 Å². The summed E-state index contributed by atoms with van der Waals surface area (Å²) in [4.78, 5) is 26.1. The first-order chi connectivity index (χ1) is 12.6. The Bertz CT molecular complexity index is 841. The lowest BCUT2D eigenvalue weighted by atomic mass is 9.90. The molecule has 0 bridgehead atoms. The monoisotopic (exact) mass is 370 g/mol. The van der Waals surface area contributed by atoms with Gasteiger partial charge in [-0.15, -0.1) is 11.3 Å². The summed E-state index contributed by atoms with van der Waals surface area (Å²) >= 11 is 1.51. The molecule has 1 heterocycles. The van der Waals surface area contributed by atoms with Crippen LogP contribution in [0.25, 0.3) is 6.08 Å². The van der Waals surface area contributed by atoms with Crippen LogP contribution < -0.4 is 15.6 Å². The number of hydrazine groups is 1. The summed E-state index contributed by atoms with van der Waals surface area (Å²) in [6.45, 7) is 2.23. The molecule has 1 aromatic carbocycles. The molecule has 5 nitrogen and oxygen atoms in total. The molecular formula is C20H22N2O3S. The highest BCUT2D eigenvalue weighted by atomic mass is 32.1. The summed E-state index contributed by atoms with van der Waals surface area (Å²) in [5, 5.41) is 0. The first kappa shape index (κ1) is 18.2. The highest BCUT2D eigenvalue weighted by Crippen LogP contribution is 2.32. The standard InChI is InChI=1S/C20H22N2O3S/c1-13-7-9-17-15(11-13)12-18(26-17)20(24)22-21-19(23)10-8-14-5-3-4-6-16(14)25-2/h3-6,8,10,12-13H,7,9,11H2,1-2H3,(H,21,23)(H,22,24). The van der Waals surface area contributed by atoms with E-state index in [1.54, 1.807) is 13.2 Å². The zero-order valence-electron chi connectivity index (χ0n) is 14.9. The number of ether oxygens (including phenoxy) is 1. The molecule has 0 saturated heterocycles. The molecule has 0 fully saturated rings. The second-order valence-corrected chi connectivity index (χ2v) is 7.56. The van der Waals surface area contributed by atoms with Crippen molar-refractivity contribution in [3.63, 3.8) is 0 Å². The Morgan fingerprint density at radius 3 is 2.88 bits per heavy atom. The van der Waals surface area contributed by atoms with E-state index in [1.807, 2.05) is 30.3 Å². The van der Waals surface area contributed by atoms with Gasteiger partial charge in [0.15, 0.2) is 0 Å². The summed E-state index contributed by atoms with van der Waals surface area (Å²) in [7, 11) is 1.58. The van der Waals surface area contributed by atoms with E-state index in [4.69, 9.17) is 4.74 Å². The van der Waals surface area contributed by atoms with Gasteiger partial charge in [0.25, 0.3) is 11.8 Å².